The molecule has 0 saturated carbocycles. The van der Waals surface area contributed by atoms with E-state index in [9.17, 15) is 14.0 Å². The Bertz CT molecular complexity index is 1150. The Kier molecular flexibility index (Phi) is 7.10. The van der Waals surface area contributed by atoms with E-state index in [-0.39, 0.29) is 18.3 Å². The number of urea groups is 1. The molecule has 1 aliphatic rings. The highest BCUT2D eigenvalue weighted by Crippen LogP contribution is 2.30. The molecule has 3 aromatic rings. The number of hydrogen-bond donors (Lipinski definition) is 3. The lowest BCUT2D eigenvalue weighted by atomic mass is 10.1. The van der Waals surface area contributed by atoms with Crippen molar-refractivity contribution in [2.75, 3.05) is 28.6 Å². The van der Waals surface area contributed by atoms with E-state index in [2.05, 4.69) is 20.9 Å². The first-order valence-corrected chi connectivity index (χ1v) is 11.1. The summed E-state index contributed by atoms with van der Waals surface area (Å²) in [7, 11) is 0. The minimum atomic E-state index is -0.421. The Morgan fingerprint density at radius 1 is 0.939 bits per heavy atom. The van der Waals surface area contributed by atoms with Gasteiger partial charge in [-0.25, -0.2) is 9.18 Å². The number of benzene rings is 3. The van der Waals surface area contributed by atoms with Gasteiger partial charge in [-0.05, 0) is 73.0 Å². The summed E-state index contributed by atoms with van der Waals surface area (Å²) in [6, 6.07) is 17.7. The maximum atomic E-state index is 13.4. The first-order valence-electron chi connectivity index (χ1n) is 10.7. The van der Waals surface area contributed by atoms with Gasteiger partial charge >= 0.3 is 6.03 Å². The van der Waals surface area contributed by atoms with E-state index in [1.807, 2.05) is 6.07 Å². The van der Waals surface area contributed by atoms with Gasteiger partial charge in [-0.2, -0.15) is 0 Å². The number of amides is 3. The van der Waals surface area contributed by atoms with E-state index >= 15 is 0 Å². The molecule has 0 atom stereocenters. The van der Waals surface area contributed by atoms with Crippen LogP contribution in [0.25, 0.3) is 0 Å². The van der Waals surface area contributed by atoms with Gasteiger partial charge in [-0.15, -0.1) is 0 Å². The molecule has 3 aromatic carbocycles. The number of anilines is 3. The standard InChI is InChI=1S/C25H24ClFN4O2/c26-19-7-9-21(10-8-19)29-25(33)30-22-15-18(6-11-23(22)31-12-1-2-13-31)24(32)28-16-17-4-3-5-20(27)14-17/h3-11,14-15H,1-2,12-13,16H2,(H,28,32)(H2,29,30,33). The van der Waals surface area contributed by atoms with E-state index in [1.54, 1.807) is 48.5 Å². The minimum absolute atomic E-state index is 0.199. The molecule has 1 saturated heterocycles. The van der Waals surface area contributed by atoms with Crippen molar-refractivity contribution in [3.05, 3.63) is 88.7 Å². The Balaban J connectivity index is 1.50. The third-order valence-corrected chi connectivity index (χ3v) is 5.65. The van der Waals surface area contributed by atoms with E-state index in [4.69, 9.17) is 11.6 Å². The molecule has 3 N–H and O–H groups in total. The summed E-state index contributed by atoms with van der Waals surface area (Å²) >= 11 is 5.90. The second-order valence-electron chi connectivity index (χ2n) is 7.82. The second kappa shape index (κ2) is 10.4. The molecule has 1 heterocycles. The summed E-state index contributed by atoms with van der Waals surface area (Å²) in [5, 5.41) is 9.02. The highest BCUT2D eigenvalue weighted by Gasteiger charge is 2.19. The van der Waals surface area contributed by atoms with Gasteiger partial charge < -0.3 is 20.9 Å². The highest BCUT2D eigenvalue weighted by molar-refractivity contribution is 6.30. The van der Waals surface area contributed by atoms with Crippen LogP contribution in [0.15, 0.2) is 66.7 Å². The number of hydrogen-bond acceptors (Lipinski definition) is 3. The van der Waals surface area contributed by atoms with Crippen LogP contribution in [-0.4, -0.2) is 25.0 Å². The number of nitrogens with zero attached hydrogens (tertiary/aromatic N) is 1. The fourth-order valence-corrected chi connectivity index (χ4v) is 3.89. The average molecular weight is 467 g/mol. The van der Waals surface area contributed by atoms with Crippen molar-refractivity contribution in [1.82, 2.24) is 5.32 Å². The molecule has 0 unspecified atom stereocenters. The lowest BCUT2D eigenvalue weighted by Crippen LogP contribution is -2.26. The number of rotatable bonds is 6. The Morgan fingerprint density at radius 2 is 1.70 bits per heavy atom. The maximum Gasteiger partial charge on any atom is 0.323 e. The molecule has 0 bridgehead atoms. The Labute approximate surface area is 196 Å². The van der Waals surface area contributed by atoms with Gasteiger partial charge in [-0.3, -0.25) is 4.79 Å². The third kappa shape index (κ3) is 6.02. The van der Waals surface area contributed by atoms with Gasteiger partial charge in [0.1, 0.15) is 5.82 Å². The van der Waals surface area contributed by atoms with Crippen molar-refractivity contribution in [3.63, 3.8) is 0 Å². The van der Waals surface area contributed by atoms with Crippen LogP contribution in [0.1, 0.15) is 28.8 Å². The van der Waals surface area contributed by atoms with Crippen LogP contribution in [0.5, 0.6) is 0 Å². The van der Waals surface area contributed by atoms with Crippen molar-refractivity contribution in [2.24, 2.45) is 0 Å². The van der Waals surface area contributed by atoms with E-state index in [1.165, 1.54) is 12.1 Å². The molecular formula is C25H24ClFN4O2. The largest absolute Gasteiger partial charge is 0.370 e. The van der Waals surface area contributed by atoms with Crippen LogP contribution in [0, 0.1) is 5.82 Å². The fourth-order valence-electron chi connectivity index (χ4n) is 3.76. The fraction of sp³-hybridized carbons (Fsp3) is 0.200. The molecule has 8 heteroatoms. The van der Waals surface area contributed by atoms with Crippen LogP contribution in [0.3, 0.4) is 0 Å². The minimum Gasteiger partial charge on any atom is -0.370 e. The topological polar surface area (TPSA) is 73.5 Å². The maximum absolute atomic E-state index is 13.4. The zero-order valence-corrected chi connectivity index (χ0v) is 18.7. The number of nitrogens with one attached hydrogen (secondary N) is 3. The van der Waals surface area contributed by atoms with Crippen molar-refractivity contribution in [3.8, 4) is 0 Å². The van der Waals surface area contributed by atoms with Crippen molar-refractivity contribution in [1.29, 1.82) is 0 Å². The first-order chi connectivity index (χ1) is 16.0. The smallest absolute Gasteiger partial charge is 0.323 e. The van der Waals surface area contributed by atoms with Crippen molar-refractivity contribution >= 4 is 40.6 Å². The quantitative estimate of drug-likeness (QED) is 0.439. The van der Waals surface area contributed by atoms with E-state index in [0.29, 0.717) is 27.5 Å². The zero-order chi connectivity index (χ0) is 23.2. The molecule has 0 aliphatic carbocycles. The van der Waals surface area contributed by atoms with Crippen LogP contribution in [-0.2, 0) is 6.54 Å². The SMILES string of the molecule is O=C(Nc1ccc(Cl)cc1)Nc1cc(C(=O)NCc2cccc(F)c2)ccc1N1CCCC1. The lowest BCUT2D eigenvalue weighted by Gasteiger charge is -2.22. The number of carbonyl (C=O) groups excluding carboxylic acids is 2. The van der Waals surface area contributed by atoms with Gasteiger partial charge in [0.25, 0.3) is 5.91 Å². The van der Waals surface area contributed by atoms with E-state index < -0.39 is 6.03 Å². The molecule has 0 aromatic heterocycles. The predicted octanol–water partition coefficient (Wildman–Crippen LogP) is 5.65. The molecule has 1 aliphatic heterocycles. The van der Waals surface area contributed by atoms with Crippen LogP contribution in [0.4, 0.5) is 26.2 Å². The summed E-state index contributed by atoms with van der Waals surface area (Å²) in [5.41, 5.74) is 3.07. The van der Waals surface area contributed by atoms with Gasteiger partial charge in [0.15, 0.2) is 0 Å². The molecule has 3 amide bonds. The highest BCUT2D eigenvalue weighted by atomic mass is 35.5. The monoisotopic (exact) mass is 466 g/mol. The third-order valence-electron chi connectivity index (χ3n) is 5.40. The summed E-state index contributed by atoms with van der Waals surface area (Å²) < 4.78 is 13.4. The first kappa shape index (κ1) is 22.6. The summed E-state index contributed by atoms with van der Waals surface area (Å²) in [4.78, 5) is 27.6. The van der Waals surface area contributed by atoms with Crippen LogP contribution < -0.4 is 20.9 Å². The van der Waals surface area contributed by atoms with Gasteiger partial charge in [0.2, 0.25) is 0 Å². The van der Waals surface area contributed by atoms with Crippen LogP contribution >= 0.6 is 11.6 Å². The molecular weight excluding hydrogens is 443 g/mol. The van der Waals surface area contributed by atoms with E-state index in [0.717, 1.165) is 31.6 Å². The molecule has 0 spiro atoms. The zero-order valence-electron chi connectivity index (χ0n) is 17.9. The number of halogens is 2. The second-order valence-corrected chi connectivity index (χ2v) is 8.26. The Morgan fingerprint density at radius 3 is 2.42 bits per heavy atom. The normalized spacial score (nSPS) is 13.0. The van der Waals surface area contributed by atoms with Gasteiger partial charge in [0.05, 0.1) is 11.4 Å². The molecule has 33 heavy (non-hydrogen) atoms. The average Bonchev–Trinajstić information content (AvgIpc) is 3.34. The lowest BCUT2D eigenvalue weighted by molar-refractivity contribution is 0.0951. The molecule has 4 rings (SSSR count). The summed E-state index contributed by atoms with van der Waals surface area (Å²) in [5.74, 6) is -0.664. The Hall–Kier alpha value is -3.58. The van der Waals surface area contributed by atoms with Gasteiger partial charge in [0, 0.05) is 35.9 Å². The number of carbonyl (C=O) groups is 2. The molecule has 6 nitrogen and oxygen atoms in total. The summed E-state index contributed by atoms with van der Waals surface area (Å²) in [6.45, 7) is 1.97. The van der Waals surface area contributed by atoms with Crippen molar-refractivity contribution in [2.45, 2.75) is 19.4 Å². The van der Waals surface area contributed by atoms with Gasteiger partial charge in [-0.1, -0.05) is 23.7 Å². The molecule has 0 radical (unpaired) electrons. The molecule has 170 valence electrons. The molecule has 1 fully saturated rings. The van der Waals surface area contributed by atoms with Crippen LogP contribution in [0.2, 0.25) is 5.02 Å². The predicted molar refractivity (Wildman–Crippen MR) is 130 cm³/mol. The summed E-state index contributed by atoms with van der Waals surface area (Å²) in [6.07, 6.45) is 2.15. The van der Waals surface area contributed by atoms with Crippen molar-refractivity contribution < 1.29 is 14.0 Å².